The quantitative estimate of drug-likeness (QED) is 0.411. The molecule has 1 fully saturated rings. The van der Waals surface area contributed by atoms with Crippen LogP contribution in [0.2, 0.25) is 5.02 Å². The van der Waals surface area contributed by atoms with E-state index in [1.165, 1.54) is 0 Å². The van der Waals surface area contributed by atoms with E-state index < -0.39 is 6.10 Å². The fourth-order valence-electron chi connectivity index (χ4n) is 4.81. The lowest BCUT2D eigenvalue weighted by Crippen LogP contribution is -2.49. The number of nitrogens with zero attached hydrogens (tertiary/aromatic N) is 2. The van der Waals surface area contributed by atoms with Gasteiger partial charge >= 0.3 is 0 Å². The molecule has 0 amide bonds. The van der Waals surface area contributed by atoms with Crippen LogP contribution in [-0.2, 0) is 0 Å². The van der Waals surface area contributed by atoms with E-state index in [2.05, 4.69) is 11.0 Å². The number of fused-ring (bicyclic) bond motifs is 1. The van der Waals surface area contributed by atoms with Crippen molar-refractivity contribution in [3.8, 4) is 23.3 Å². The van der Waals surface area contributed by atoms with Crippen LogP contribution in [-0.4, -0.2) is 42.9 Å². The first-order valence-electron chi connectivity index (χ1n) is 11.9. The molecule has 2 heterocycles. The Labute approximate surface area is 215 Å². The van der Waals surface area contributed by atoms with Crippen LogP contribution in [0, 0.1) is 17.2 Å². The molecule has 0 aromatic heterocycles. The number of nitriles is 1. The van der Waals surface area contributed by atoms with E-state index in [9.17, 15) is 14.8 Å². The third-order valence-electron chi connectivity index (χ3n) is 6.79. The number of likely N-dealkylation sites (tertiary alicyclic amines) is 1. The van der Waals surface area contributed by atoms with Crippen LogP contribution in [0.5, 0.6) is 17.2 Å². The second-order valence-electron chi connectivity index (χ2n) is 9.22. The SMILES string of the molecule is CC1=C(c2ccc(Cl)c(C#N)c2)[C@@H](c2ccc(OCCN3CC(CF)C3)cc2)Oc2ccc(O)cc21. The Kier molecular flexibility index (Phi) is 6.86. The predicted molar refractivity (Wildman–Crippen MR) is 138 cm³/mol. The molecule has 3 aromatic rings. The van der Waals surface area contributed by atoms with Gasteiger partial charge in [0.1, 0.15) is 36.0 Å². The minimum Gasteiger partial charge on any atom is -0.508 e. The van der Waals surface area contributed by atoms with E-state index in [0.717, 1.165) is 53.2 Å². The lowest BCUT2D eigenvalue weighted by molar-refractivity contribution is 0.0668. The van der Waals surface area contributed by atoms with E-state index in [1.54, 1.807) is 30.3 Å². The molecule has 3 aromatic carbocycles. The number of halogens is 2. The van der Waals surface area contributed by atoms with Crippen molar-refractivity contribution in [2.24, 2.45) is 5.92 Å². The van der Waals surface area contributed by atoms with Gasteiger partial charge in [-0.3, -0.25) is 9.29 Å². The highest BCUT2D eigenvalue weighted by atomic mass is 35.5. The second-order valence-corrected chi connectivity index (χ2v) is 9.63. The number of allylic oxidation sites excluding steroid dienone is 1. The fraction of sp³-hybridized carbons (Fsp3) is 0.276. The summed E-state index contributed by atoms with van der Waals surface area (Å²) < 4.78 is 25.0. The van der Waals surface area contributed by atoms with Crippen LogP contribution in [0.3, 0.4) is 0 Å². The molecule has 0 aliphatic carbocycles. The van der Waals surface area contributed by atoms with Crippen LogP contribution in [0.1, 0.15) is 35.3 Å². The van der Waals surface area contributed by atoms with Gasteiger partial charge in [-0.25, -0.2) is 0 Å². The summed E-state index contributed by atoms with van der Waals surface area (Å²) in [4.78, 5) is 2.19. The van der Waals surface area contributed by atoms with Gasteiger partial charge in [0, 0.05) is 36.7 Å². The van der Waals surface area contributed by atoms with Crippen molar-refractivity contribution in [3.63, 3.8) is 0 Å². The van der Waals surface area contributed by atoms with Gasteiger partial charge in [-0.1, -0.05) is 29.8 Å². The molecule has 0 bridgehead atoms. The molecule has 0 saturated carbocycles. The van der Waals surface area contributed by atoms with Crippen LogP contribution < -0.4 is 9.47 Å². The Morgan fingerprint density at radius 2 is 1.92 bits per heavy atom. The number of hydrogen-bond donors (Lipinski definition) is 1. The number of hydrogen-bond acceptors (Lipinski definition) is 5. The maximum absolute atomic E-state index is 12.6. The topological polar surface area (TPSA) is 65.7 Å². The Bertz CT molecular complexity index is 1340. The minimum atomic E-state index is -0.428. The Morgan fingerprint density at radius 1 is 1.14 bits per heavy atom. The highest BCUT2D eigenvalue weighted by Gasteiger charge is 2.30. The van der Waals surface area contributed by atoms with Gasteiger partial charge in [-0.2, -0.15) is 5.26 Å². The van der Waals surface area contributed by atoms with Crippen molar-refractivity contribution in [1.82, 2.24) is 4.90 Å². The molecular weight excluding hydrogens is 479 g/mol. The first kappa shape index (κ1) is 24.2. The number of rotatable bonds is 7. The molecular formula is C29H26ClFN2O3. The summed E-state index contributed by atoms with van der Waals surface area (Å²) >= 11 is 6.20. The Morgan fingerprint density at radius 3 is 2.64 bits per heavy atom. The maximum Gasteiger partial charge on any atom is 0.150 e. The van der Waals surface area contributed by atoms with Crippen molar-refractivity contribution in [3.05, 3.63) is 87.9 Å². The summed E-state index contributed by atoms with van der Waals surface area (Å²) in [5.74, 6) is 1.76. The summed E-state index contributed by atoms with van der Waals surface area (Å²) in [6.07, 6.45) is -0.428. The summed E-state index contributed by atoms with van der Waals surface area (Å²) in [5.41, 5.74) is 4.79. The first-order valence-corrected chi connectivity index (χ1v) is 12.3. The summed E-state index contributed by atoms with van der Waals surface area (Å²) in [6, 6.07) is 20.4. The molecule has 184 valence electrons. The molecule has 7 heteroatoms. The lowest BCUT2D eigenvalue weighted by atomic mass is 9.85. The van der Waals surface area contributed by atoms with Crippen LogP contribution in [0.4, 0.5) is 4.39 Å². The van der Waals surface area contributed by atoms with Crippen molar-refractivity contribution < 1.29 is 19.0 Å². The second kappa shape index (κ2) is 10.2. The van der Waals surface area contributed by atoms with Gasteiger partial charge in [0.2, 0.25) is 0 Å². The first-order chi connectivity index (χ1) is 17.5. The molecule has 36 heavy (non-hydrogen) atoms. The van der Waals surface area contributed by atoms with Gasteiger partial charge in [0.15, 0.2) is 0 Å². The van der Waals surface area contributed by atoms with Crippen LogP contribution in [0.15, 0.2) is 60.7 Å². The van der Waals surface area contributed by atoms with E-state index in [0.29, 0.717) is 22.9 Å². The zero-order chi connectivity index (χ0) is 25.2. The standard InChI is InChI=1S/C29H26ClFN2O3/c1-18-25-13-23(34)5-9-27(25)36-29(28(18)21-4-8-26(30)22(12-21)15-32)20-2-6-24(7-3-20)35-11-10-33-16-19(14-31)17-33/h2-9,12-13,19,29,34H,10-11,14,16-17H2,1H3/t29-/m1/s1. The smallest absolute Gasteiger partial charge is 0.150 e. The summed E-state index contributed by atoms with van der Waals surface area (Å²) in [7, 11) is 0. The zero-order valence-electron chi connectivity index (χ0n) is 19.9. The van der Waals surface area contributed by atoms with Crippen LogP contribution in [0.25, 0.3) is 11.1 Å². The van der Waals surface area contributed by atoms with Crippen LogP contribution >= 0.6 is 11.6 Å². The third-order valence-corrected chi connectivity index (χ3v) is 7.12. The van der Waals surface area contributed by atoms with Gasteiger partial charge in [-0.05, 0) is 66.1 Å². The molecule has 1 saturated heterocycles. The normalized spacial score (nSPS) is 17.7. The Balaban J connectivity index is 1.42. The molecule has 0 spiro atoms. The van der Waals surface area contributed by atoms with E-state index in [1.807, 2.05) is 37.3 Å². The zero-order valence-corrected chi connectivity index (χ0v) is 20.6. The van der Waals surface area contributed by atoms with E-state index in [-0.39, 0.29) is 18.3 Å². The molecule has 1 atom stereocenters. The number of aromatic hydroxyl groups is 1. The predicted octanol–water partition coefficient (Wildman–Crippen LogP) is 6.26. The molecule has 0 radical (unpaired) electrons. The number of alkyl halides is 1. The van der Waals surface area contributed by atoms with Crippen molar-refractivity contribution >= 4 is 22.7 Å². The molecule has 5 rings (SSSR count). The number of phenolic OH excluding ortho intramolecular Hbond substituents is 1. The lowest BCUT2D eigenvalue weighted by Gasteiger charge is -2.37. The molecule has 5 nitrogen and oxygen atoms in total. The number of ether oxygens (including phenoxy) is 2. The average molecular weight is 505 g/mol. The van der Waals surface area contributed by atoms with Crippen molar-refractivity contribution in [2.45, 2.75) is 13.0 Å². The third kappa shape index (κ3) is 4.77. The number of phenols is 1. The molecule has 1 N–H and O–H groups in total. The Hall–Kier alpha value is -3.53. The highest BCUT2D eigenvalue weighted by Crippen LogP contribution is 2.47. The van der Waals surface area contributed by atoms with E-state index >= 15 is 0 Å². The number of benzene rings is 3. The summed E-state index contributed by atoms with van der Waals surface area (Å²) in [5, 5.41) is 20.0. The maximum atomic E-state index is 12.6. The summed E-state index contributed by atoms with van der Waals surface area (Å²) in [6.45, 7) is 4.65. The van der Waals surface area contributed by atoms with Gasteiger partial charge in [-0.15, -0.1) is 0 Å². The largest absolute Gasteiger partial charge is 0.508 e. The monoisotopic (exact) mass is 504 g/mol. The van der Waals surface area contributed by atoms with Crippen molar-refractivity contribution in [2.75, 3.05) is 32.9 Å². The molecule has 2 aliphatic heterocycles. The van der Waals surface area contributed by atoms with E-state index in [4.69, 9.17) is 21.1 Å². The fourth-order valence-corrected chi connectivity index (χ4v) is 4.97. The van der Waals surface area contributed by atoms with Crippen molar-refractivity contribution in [1.29, 1.82) is 5.26 Å². The highest BCUT2D eigenvalue weighted by molar-refractivity contribution is 6.31. The van der Waals surface area contributed by atoms with Gasteiger partial charge in [0.25, 0.3) is 0 Å². The molecule has 0 unspecified atom stereocenters. The van der Waals surface area contributed by atoms with Gasteiger partial charge in [0.05, 0.1) is 17.3 Å². The molecule has 2 aliphatic rings. The minimum absolute atomic E-state index is 0.156. The average Bonchev–Trinajstić information content (AvgIpc) is 2.86. The van der Waals surface area contributed by atoms with Gasteiger partial charge < -0.3 is 14.6 Å².